The van der Waals surface area contributed by atoms with Crippen molar-refractivity contribution in [1.82, 2.24) is 4.90 Å². The number of allylic oxidation sites excluding steroid dienone is 4. The second-order valence-electron chi connectivity index (χ2n) is 14.4. The van der Waals surface area contributed by atoms with Gasteiger partial charge in [0.05, 0.1) is 26.4 Å². The highest BCUT2D eigenvalue weighted by Crippen LogP contribution is 2.25. The smallest absolute Gasteiger partial charge is 0.305 e. The van der Waals surface area contributed by atoms with Crippen molar-refractivity contribution in [2.45, 2.75) is 174 Å². The number of unbranched alkanes of at least 4 members (excludes halogenated alkanes) is 16. The summed E-state index contributed by atoms with van der Waals surface area (Å²) in [5.41, 5.74) is 1.17. The van der Waals surface area contributed by atoms with E-state index >= 15 is 0 Å². The van der Waals surface area contributed by atoms with E-state index in [4.69, 9.17) is 18.9 Å². The van der Waals surface area contributed by atoms with Crippen LogP contribution in [-0.4, -0.2) is 57.4 Å². The van der Waals surface area contributed by atoms with Gasteiger partial charge in [0.1, 0.15) is 11.5 Å². The van der Waals surface area contributed by atoms with Crippen molar-refractivity contribution in [1.29, 1.82) is 0 Å². The molecule has 298 valence electrons. The lowest BCUT2D eigenvalue weighted by atomic mass is 10.1. The van der Waals surface area contributed by atoms with E-state index in [2.05, 4.69) is 69.3 Å². The van der Waals surface area contributed by atoms with Gasteiger partial charge >= 0.3 is 11.9 Å². The van der Waals surface area contributed by atoms with Gasteiger partial charge in [-0.2, -0.15) is 0 Å². The third-order valence-corrected chi connectivity index (χ3v) is 8.83. The molecule has 0 atom stereocenters. The Bertz CT molecular complexity index is 978. The number of ether oxygens (including phenoxy) is 4. The number of esters is 2. The van der Waals surface area contributed by atoms with Crippen molar-refractivity contribution in [3.05, 3.63) is 48.1 Å². The van der Waals surface area contributed by atoms with Crippen LogP contribution in [0.3, 0.4) is 0 Å². The first-order chi connectivity index (χ1) is 25.4. The van der Waals surface area contributed by atoms with E-state index in [1.165, 1.54) is 56.9 Å². The molecule has 52 heavy (non-hydrogen) atoms. The van der Waals surface area contributed by atoms with Crippen LogP contribution in [0.2, 0.25) is 0 Å². The van der Waals surface area contributed by atoms with Crippen LogP contribution in [-0.2, 0) is 25.6 Å². The Labute approximate surface area is 319 Å². The maximum Gasteiger partial charge on any atom is 0.305 e. The van der Waals surface area contributed by atoms with Gasteiger partial charge in [-0.05, 0) is 135 Å². The standard InChI is InChI=1S/C45H77NO6/c1-5-7-9-11-13-15-17-19-25-31-44(47)51-35-29-23-21-27-33-49-42-37-41(40-46(3)4)38-43(39-42)50-34-28-22-24-30-36-52-45(48)32-26-20-18-16-14-12-10-8-6-2/h9-12,37-39H,5-8,13-36,40H2,1-4H3/b11-9-,12-10-. The highest BCUT2D eigenvalue weighted by Gasteiger charge is 2.07. The molecule has 0 N–H and O–H groups in total. The average Bonchev–Trinajstić information content (AvgIpc) is 3.12. The molecule has 0 aliphatic heterocycles. The molecular weight excluding hydrogens is 650 g/mol. The first kappa shape index (κ1) is 47.2. The minimum absolute atomic E-state index is 0.0576. The number of nitrogens with zero attached hydrogens (tertiary/aromatic N) is 1. The predicted molar refractivity (Wildman–Crippen MR) is 217 cm³/mol. The second-order valence-corrected chi connectivity index (χ2v) is 14.4. The number of carbonyl (C=O) groups is 2. The van der Waals surface area contributed by atoms with E-state index in [0.29, 0.717) is 39.3 Å². The number of rotatable bonds is 36. The largest absolute Gasteiger partial charge is 0.493 e. The molecule has 0 unspecified atom stereocenters. The van der Waals surface area contributed by atoms with E-state index in [0.717, 1.165) is 108 Å². The summed E-state index contributed by atoms with van der Waals surface area (Å²) in [5.74, 6) is 1.57. The minimum Gasteiger partial charge on any atom is -0.493 e. The second kappa shape index (κ2) is 35.2. The van der Waals surface area contributed by atoms with Gasteiger partial charge < -0.3 is 23.8 Å². The zero-order chi connectivity index (χ0) is 37.7. The molecule has 1 aromatic rings. The molecule has 0 saturated carbocycles. The molecule has 0 amide bonds. The van der Waals surface area contributed by atoms with Crippen molar-refractivity contribution in [2.75, 3.05) is 40.5 Å². The summed E-state index contributed by atoms with van der Waals surface area (Å²) in [4.78, 5) is 26.2. The first-order valence-corrected chi connectivity index (χ1v) is 21.1. The summed E-state index contributed by atoms with van der Waals surface area (Å²) >= 11 is 0. The Morgan fingerprint density at radius 1 is 0.500 bits per heavy atom. The molecule has 1 rings (SSSR count). The third kappa shape index (κ3) is 30.8. The third-order valence-electron chi connectivity index (χ3n) is 8.83. The molecule has 0 fully saturated rings. The van der Waals surface area contributed by atoms with Crippen LogP contribution in [0.4, 0.5) is 0 Å². The molecule has 0 saturated heterocycles. The van der Waals surface area contributed by atoms with Gasteiger partial charge in [-0.3, -0.25) is 9.59 Å². The van der Waals surface area contributed by atoms with E-state index < -0.39 is 0 Å². The van der Waals surface area contributed by atoms with Gasteiger partial charge in [0.25, 0.3) is 0 Å². The van der Waals surface area contributed by atoms with Gasteiger partial charge in [0.2, 0.25) is 0 Å². The average molecular weight is 728 g/mol. The molecular formula is C45H77NO6. The maximum absolute atomic E-state index is 12.0. The maximum atomic E-state index is 12.0. The van der Waals surface area contributed by atoms with Crippen molar-refractivity contribution >= 4 is 11.9 Å². The van der Waals surface area contributed by atoms with Crippen LogP contribution in [0.5, 0.6) is 11.5 Å². The highest BCUT2D eigenvalue weighted by molar-refractivity contribution is 5.69. The Morgan fingerprint density at radius 3 is 1.31 bits per heavy atom. The minimum atomic E-state index is -0.0576. The van der Waals surface area contributed by atoms with Gasteiger partial charge in [0.15, 0.2) is 0 Å². The molecule has 0 heterocycles. The summed E-state index contributed by atoms with van der Waals surface area (Å²) in [6, 6.07) is 6.20. The fourth-order valence-corrected chi connectivity index (χ4v) is 5.84. The summed E-state index contributed by atoms with van der Waals surface area (Å²) in [6.07, 6.45) is 33.9. The van der Waals surface area contributed by atoms with Crippen molar-refractivity contribution in [2.24, 2.45) is 0 Å². The molecule has 1 aromatic carbocycles. The normalized spacial score (nSPS) is 11.6. The van der Waals surface area contributed by atoms with Gasteiger partial charge in [-0.1, -0.05) is 76.7 Å². The van der Waals surface area contributed by atoms with Gasteiger partial charge in [-0.15, -0.1) is 0 Å². The highest BCUT2D eigenvalue weighted by atomic mass is 16.5. The molecule has 7 heteroatoms. The Morgan fingerprint density at radius 2 is 0.885 bits per heavy atom. The first-order valence-electron chi connectivity index (χ1n) is 21.1. The summed E-state index contributed by atoms with van der Waals surface area (Å²) in [7, 11) is 4.13. The zero-order valence-electron chi connectivity index (χ0n) is 33.9. The van der Waals surface area contributed by atoms with Crippen molar-refractivity contribution in [3.63, 3.8) is 0 Å². The van der Waals surface area contributed by atoms with E-state index in [1.54, 1.807) is 0 Å². The van der Waals surface area contributed by atoms with Crippen LogP contribution >= 0.6 is 0 Å². The topological polar surface area (TPSA) is 74.3 Å². The van der Waals surface area contributed by atoms with Crippen molar-refractivity contribution < 1.29 is 28.5 Å². The Balaban J connectivity index is 2.12. The SMILES string of the molecule is CCC/C=C\CCCCCCC(=O)OCCCCCCOc1cc(CN(C)C)cc(OCCCCCCOC(=O)CCCCCC/C=C\CCC)c1. The lowest BCUT2D eigenvalue weighted by Gasteiger charge is -2.15. The summed E-state index contributed by atoms with van der Waals surface area (Å²) in [6.45, 7) is 7.56. The number of hydrogen-bond acceptors (Lipinski definition) is 7. The zero-order valence-corrected chi connectivity index (χ0v) is 33.9. The predicted octanol–water partition coefficient (Wildman–Crippen LogP) is 12.1. The van der Waals surface area contributed by atoms with Crippen LogP contribution in [0, 0.1) is 0 Å². The van der Waals surface area contributed by atoms with E-state index in [1.807, 2.05) is 6.07 Å². The molecule has 0 aliphatic rings. The van der Waals surface area contributed by atoms with Gasteiger partial charge in [-0.25, -0.2) is 0 Å². The summed E-state index contributed by atoms with van der Waals surface area (Å²) < 4.78 is 23.1. The molecule has 0 aromatic heterocycles. The molecule has 0 spiro atoms. The fourth-order valence-electron chi connectivity index (χ4n) is 5.84. The summed E-state index contributed by atoms with van der Waals surface area (Å²) in [5, 5.41) is 0. The van der Waals surface area contributed by atoms with Gasteiger partial charge in [0, 0.05) is 25.5 Å². The van der Waals surface area contributed by atoms with Crippen LogP contribution in [0.25, 0.3) is 0 Å². The van der Waals surface area contributed by atoms with Crippen LogP contribution in [0.15, 0.2) is 42.5 Å². The monoisotopic (exact) mass is 728 g/mol. The van der Waals surface area contributed by atoms with Crippen molar-refractivity contribution in [3.8, 4) is 11.5 Å². The Kier molecular flexibility index (Phi) is 32.0. The van der Waals surface area contributed by atoms with Crippen LogP contribution in [0.1, 0.15) is 174 Å². The molecule has 0 bridgehead atoms. The van der Waals surface area contributed by atoms with E-state index in [9.17, 15) is 9.59 Å². The quantitative estimate of drug-likeness (QED) is 0.0387. The molecule has 7 nitrogen and oxygen atoms in total. The lowest BCUT2D eigenvalue weighted by Crippen LogP contribution is -2.11. The fraction of sp³-hybridized carbons (Fsp3) is 0.733. The number of carbonyl (C=O) groups excluding carboxylic acids is 2. The Hall–Kier alpha value is -2.80. The molecule has 0 aliphatic carbocycles. The lowest BCUT2D eigenvalue weighted by molar-refractivity contribution is -0.144. The number of benzene rings is 1. The van der Waals surface area contributed by atoms with E-state index in [-0.39, 0.29) is 11.9 Å². The van der Waals surface area contributed by atoms with Crippen LogP contribution < -0.4 is 9.47 Å². The number of hydrogen-bond donors (Lipinski definition) is 0. The molecule has 0 radical (unpaired) electrons.